The Morgan fingerprint density at radius 3 is 2.56 bits per heavy atom. The van der Waals surface area contributed by atoms with Gasteiger partial charge in [0.25, 0.3) is 0 Å². The Bertz CT molecular complexity index is 634. The molecule has 0 aliphatic heterocycles. The average Bonchev–Trinajstić information content (AvgIpc) is 2.69. The van der Waals surface area contributed by atoms with Gasteiger partial charge in [0.15, 0.2) is 6.10 Å². The van der Waals surface area contributed by atoms with E-state index >= 15 is 0 Å². The summed E-state index contributed by atoms with van der Waals surface area (Å²) in [6, 6.07) is 0. The zero-order chi connectivity index (χ0) is 18.6. The van der Waals surface area contributed by atoms with E-state index in [0.717, 1.165) is 23.3 Å². The van der Waals surface area contributed by atoms with Crippen molar-refractivity contribution in [1.29, 1.82) is 0 Å². The third-order valence-corrected chi connectivity index (χ3v) is 5.44. The molecule has 0 N–H and O–H groups in total. The summed E-state index contributed by atoms with van der Waals surface area (Å²) in [6.45, 7) is 12.4. The minimum Gasteiger partial charge on any atom is -0.464 e. The summed E-state index contributed by atoms with van der Waals surface area (Å²) < 4.78 is 11.6. The molecule has 1 aliphatic carbocycles. The Morgan fingerprint density at radius 2 is 1.92 bits per heavy atom. The van der Waals surface area contributed by atoms with Crippen LogP contribution in [0.5, 0.6) is 0 Å². The number of allylic oxidation sites excluding steroid dienone is 2. The third-order valence-electron chi connectivity index (χ3n) is 4.40. The van der Waals surface area contributed by atoms with E-state index in [4.69, 9.17) is 9.47 Å². The van der Waals surface area contributed by atoms with E-state index in [1.54, 1.807) is 11.3 Å². The number of thiophene rings is 1. The number of ether oxygens (including phenoxy) is 2. The highest BCUT2D eigenvalue weighted by Gasteiger charge is 2.34. The Labute approximate surface area is 156 Å². The molecule has 2 rings (SSSR count). The number of esters is 1. The normalized spacial score (nSPS) is 17.0. The van der Waals surface area contributed by atoms with E-state index in [2.05, 4.69) is 19.9 Å². The van der Waals surface area contributed by atoms with Crippen LogP contribution >= 0.6 is 11.3 Å². The zero-order valence-electron chi connectivity index (χ0n) is 16.5. The van der Waals surface area contributed by atoms with Crippen molar-refractivity contribution in [3.63, 3.8) is 0 Å². The Hall–Kier alpha value is -1.13. The average molecular weight is 365 g/mol. The molecule has 0 spiro atoms. The summed E-state index contributed by atoms with van der Waals surface area (Å²) in [7, 11) is 0. The molecule has 0 amide bonds. The Balaban J connectivity index is 2.52. The molecule has 1 unspecified atom stereocenters. The van der Waals surface area contributed by atoms with Gasteiger partial charge >= 0.3 is 5.97 Å². The standard InChI is InChI=1S/C21H32O3S/c1-7-23-20(22)19(24-21(4,5)6)18-15(3)25-14(2)17(18)16-12-10-8-9-11-13-16/h12,19H,7-11,13H2,1-6H3. The number of aryl methyl sites for hydroxylation is 2. The summed E-state index contributed by atoms with van der Waals surface area (Å²) in [4.78, 5) is 15.1. The van der Waals surface area contributed by atoms with E-state index in [1.807, 2.05) is 27.7 Å². The van der Waals surface area contributed by atoms with Gasteiger partial charge in [-0.3, -0.25) is 0 Å². The molecule has 1 aromatic rings. The highest BCUT2D eigenvalue weighted by Crippen LogP contribution is 2.42. The van der Waals surface area contributed by atoms with Crippen molar-refractivity contribution in [2.75, 3.05) is 6.61 Å². The summed E-state index contributed by atoms with van der Waals surface area (Å²) in [5.74, 6) is -0.284. The summed E-state index contributed by atoms with van der Waals surface area (Å²) >= 11 is 1.76. The van der Waals surface area contributed by atoms with E-state index in [9.17, 15) is 4.79 Å². The van der Waals surface area contributed by atoms with Gasteiger partial charge < -0.3 is 9.47 Å². The highest BCUT2D eigenvalue weighted by molar-refractivity contribution is 7.12. The predicted molar refractivity (Wildman–Crippen MR) is 105 cm³/mol. The molecule has 3 nitrogen and oxygen atoms in total. The number of carbonyl (C=O) groups is 1. The predicted octanol–water partition coefficient (Wildman–Crippen LogP) is 6.13. The third kappa shape index (κ3) is 5.18. The molecule has 0 radical (unpaired) electrons. The first-order valence-corrected chi connectivity index (χ1v) is 10.2. The van der Waals surface area contributed by atoms with Crippen molar-refractivity contribution >= 4 is 22.9 Å². The molecule has 1 aromatic heterocycles. The van der Waals surface area contributed by atoms with E-state index in [-0.39, 0.29) is 5.97 Å². The Morgan fingerprint density at radius 1 is 1.20 bits per heavy atom. The van der Waals surface area contributed by atoms with Crippen LogP contribution in [0.25, 0.3) is 5.57 Å². The topological polar surface area (TPSA) is 35.5 Å². The van der Waals surface area contributed by atoms with Crippen LogP contribution in [0.3, 0.4) is 0 Å². The number of rotatable bonds is 5. The fourth-order valence-corrected chi connectivity index (χ4v) is 4.58. The molecule has 1 aliphatic rings. The first-order chi connectivity index (χ1) is 11.7. The van der Waals surface area contributed by atoms with Crippen molar-refractivity contribution in [1.82, 2.24) is 0 Å². The lowest BCUT2D eigenvalue weighted by Gasteiger charge is -2.27. The van der Waals surface area contributed by atoms with Crippen molar-refractivity contribution in [3.05, 3.63) is 27.0 Å². The van der Waals surface area contributed by atoms with Crippen LogP contribution in [0.2, 0.25) is 0 Å². The van der Waals surface area contributed by atoms with Crippen LogP contribution in [0, 0.1) is 13.8 Å². The van der Waals surface area contributed by atoms with E-state index in [1.165, 1.54) is 35.3 Å². The molecule has 0 saturated carbocycles. The minimum atomic E-state index is -0.663. The minimum absolute atomic E-state index is 0.284. The lowest BCUT2D eigenvalue weighted by atomic mass is 9.93. The second-order valence-electron chi connectivity index (χ2n) is 7.69. The molecular weight excluding hydrogens is 332 g/mol. The summed E-state index contributed by atoms with van der Waals surface area (Å²) in [6.07, 6.45) is 7.64. The maximum Gasteiger partial charge on any atom is 0.340 e. The molecule has 25 heavy (non-hydrogen) atoms. The van der Waals surface area contributed by atoms with Gasteiger partial charge in [-0.05, 0) is 78.4 Å². The Kier molecular flexibility index (Phi) is 6.86. The lowest BCUT2D eigenvalue weighted by molar-refractivity contribution is -0.166. The summed E-state index contributed by atoms with van der Waals surface area (Å²) in [5, 5.41) is 0. The lowest BCUT2D eigenvalue weighted by Crippen LogP contribution is -2.29. The number of hydrogen-bond acceptors (Lipinski definition) is 4. The van der Waals surface area contributed by atoms with E-state index < -0.39 is 11.7 Å². The first-order valence-electron chi connectivity index (χ1n) is 9.38. The van der Waals surface area contributed by atoms with Crippen LogP contribution in [0.4, 0.5) is 0 Å². The maximum atomic E-state index is 12.7. The van der Waals surface area contributed by atoms with Crippen LogP contribution < -0.4 is 0 Å². The monoisotopic (exact) mass is 364 g/mol. The number of carbonyl (C=O) groups excluding carboxylic acids is 1. The number of hydrogen-bond donors (Lipinski definition) is 0. The molecule has 1 heterocycles. The quantitative estimate of drug-likeness (QED) is 0.589. The largest absolute Gasteiger partial charge is 0.464 e. The molecule has 0 fully saturated rings. The molecule has 0 saturated heterocycles. The fourth-order valence-electron chi connectivity index (χ4n) is 3.45. The molecule has 0 bridgehead atoms. The highest BCUT2D eigenvalue weighted by atomic mass is 32.1. The first kappa shape index (κ1) is 20.2. The van der Waals surface area contributed by atoms with Gasteiger partial charge in [-0.15, -0.1) is 11.3 Å². The van der Waals surface area contributed by atoms with Crippen molar-refractivity contribution in [2.24, 2.45) is 0 Å². The van der Waals surface area contributed by atoms with Crippen LogP contribution in [0.1, 0.15) is 86.8 Å². The van der Waals surface area contributed by atoms with Gasteiger partial charge in [0.1, 0.15) is 0 Å². The molecule has 4 heteroatoms. The van der Waals surface area contributed by atoms with Gasteiger partial charge in [0, 0.05) is 15.3 Å². The smallest absolute Gasteiger partial charge is 0.340 e. The van der Waals surface area contributed by atoms with Crippen LogP contribution in [0.15, 0.2) is 6.08 Å². The van der Waals surface area contributed by atoms with Crippen molar-refractivity contribution in [2.45, 2.75) is 85.4 Å². The van der Waals surface area contributed by atoms with E-state index in [0.29, 0.717) is 6.61 Å². The van der Waals surface area contributed by atoms with Gasteiger partial charge in [-0.1, -0.05) is 12.5 Å². The van der Waals surface area contributed by atoms with Gasteiger partial charge in [0.05, 0.1) is 12.2 Å². The summed E-state index contributed by atoms with van der Waals surface area (Å²) in [5.41, 5.74) is 3.20. The van der Waals surface area contributed by atoms with Crippen LogP contribution in [-0.4, -0.2) is 18.2 Å². The van der Waals surface area contributed by atoms with Crippen molar-refractivity contribution < 1.29 is 14.3 Å². The molecule has 0 aromatic carbocycles. The molecular formula is C21H32O3S. The molecule has 140 valence electrons. The zero-order valence-corrected chi connectivity index (χ0v) is 17.3. The van der Waals surface area contributed by atoms with Gasteiger partial charge in [0.2, 0.25) is 0 Å². The van der Waals surface area contributed by atoms with Gasteiger partial charge in [-0.25, -0.2) is 4.79 Å². The van der Waals surface area contributed by atoms with Crippen LogP contribution in [-0.2, 0) is 14.3 Å². The second-order valence-corrected chi connectivity index (χ2v) is 9.12. The second kappa shape index (κ2) is 8.50. The van der Waals surface area contributed by atoms with Gasteiger partial charge in [-0.2, -0.15) is 0 Å². The van der Waals surface area contributed by atoms with Crippen molar-refractivity contribution in [3.8, 4) is 0 Å². The fraction of sp³-hybridized carbons (Fsp3) is 0.667. The maximum absolute atomic E-state index is 12.7. The molecule has 1 atom stereocenters. The SMILES string of the molecule is CCOC(=O)C(OC(C)(C)C)c1c(C)sc(C)c1C1=CCCCCC1.